The van der Waals surface area contributed by atoms with E-state index in [0.717, 1.165) is 5.56 Å². The highest BCUT2D eigenvalue weighted by Crippen LogP contribution is 2.19. The van der Waals surface area contributed by atoms with Crippen LogP contribution in [-0.4, -0.2) is 10.9 Å². The van der Waals surface area contributed by atoms with E-state index in [1.807, 2.05) is 32.0 Å². The molecule has 1 amide bonds. The molecule has 5 heteroatoms. The summed E-state index contributed by atoms with van der Waals surface area (Å²) >= 11 is 5.89. The zero-order valence-electron chi connectivity index (χ0n) is 10.7. The average molecular weight is 276 g/mol. The Labute approximate surface area is 116 Å². The number of aryl methyl sites for hydroxylation is 2. The first kappa shape index (κ1) is 13.4. The highest BCUT2D eigenvalue weighted by atomic mass is 35.5. The van der Waals surface area contributed by atoms with Gasteiger partial charge in [-0.25, -0.2) is 4.98 Å². The molecule has 0 aliphatic heterocycles. The third kappa shape index (κ3) is 3.03. The SMILES string of the molecule is Cc1ccc(NC(=O)c2cc(N)cnc2Cl)cc1C. The summed E-state index contributed by atoms with van der Waals surface area (Å²) in [6.45, 7) is 4.00. The van der Waals surface area contributed by atoms with E-state index in [4.69, 9.17) is 17.3 Å². The summed E-state index contributed by atoms with van der Waals surface area (Å²) in [5.41, 5.74) is 9.25. The van der Waals surface area contributed by atoms with Gasteiger partial charge in [0.15, 0.2) is 0 Å². The van der Waals surface area contributed by atoms with Crippen LogP contribution in [0.1, 0.15) is 21.5 Å². The number of benzene rings is 1. The number of hydrogen-bond acceptors (Lipinski definition) is 3. The average Bonchev–Trinajstić information content (AvgIpc) is 2.36. The first-order valence-electron chi connectivity index (χ1n) is 5.77. The van der Waals surface area contributed by atoms with E-state index in [0.29, 0.717) is 11.4 Å². The quantitative estimate of drug-likeness (QED) is 0.827. The number of aromatic nitrogens is 1. The van der Waals surface area contributed by atoms with Crippen LogP contribution in [0.3, 0.4) is 0 Å². The van der Waals surface area contributed by atoms with Crippen LogP contribution in [-0.2, 0) is 0 Å². The molecule has 0 radical (unpaired) electrons. The van der Waals surface area contributed by atoms with E-state index >= 15 is 0 Å². The Morgan fingerprint density at radius 1 is 1.26 bits per heavy atom. The van der Waals surface area contributed by atoms with Crippen molar-refractivity contribution >= 4 is 28.9 Å². The van der Waals surface area contributed by atoms with Crippen LogP contribution in [0.25, 0.3) is 0 Å². The second kappa shape index (κ2) is 5.28. The lowest BCUT2D eigenvalue weighted by Crippen LogP contribution is -2.13. The lowest BCUT2D eigenvalue weighted by atomic mass is 10.1. The molecular formula is C14H14ClN3O. The van der Waals surface area contributed by atoms with Crippen molar-refractivity contribution < 1.29 is 4.79 Å². The molecule has 0 aliphatic carbocycles. The lowest BCUT2D eigenvalue weighted by molar-refractivity contribution is 0.102. The predicted octanol–water partition coefficient (Wildman–Crippen LogP) is 3.19. The van der Waals surface area contributed by atoms with Crippen molar-refractivity contribution in [3.8, 4) is 0 Å². The molecule has 1 aromatic heterocycles. The largest absolute Gasteiger partial charge is 0.397 e. The molecule has 2 rings (SSSR count). The first-order valence-corrected chi connectivity index (χ1v) is 6.15. The second-order valence-electron chi connectivity index (χ2n) is 4.36. The molecule has 19 heavy (non-hydrogen) atoms. The maximum absolute atomic E-state index is 12.1. The van der Waals surface area contributed by atoms with E-state index in [9.17, 15) is 4.79 Å². The number of nitrogens with one attached hydrogen (secondary N) is 1. The third-order valence-electron chi connectivity index (χ3n) is 2.87. The number of pyridine rings is 1. The van der Waals surface area contributed by atoms with Crippen LogP contribution in [0.5, 0.6) is 0 Å². The van der Waals surface area contributed by atoms with Gasteiger partial charge in [0.2, 0.25) is 0 Å². The van der Waals surface area contributed by atoms with Crippen molar-refractivity contribution in [3.05, 3.63) is 52.3 Å². The molecule has 0 unspecified atom stereocenters. The molecule has 3 N–H and O–H groups in total. The molecule has 0 fully saturated rings. The van der Waals surface area contributed by atoms with Gasteiger partial charge in [-0.05, 0) is 43.2 Å². The molecule has 0 saturated heterocycles. The van der Waals surface area contributed by atoms with Crippen LogP contribution in [0.4, 0.5) is 11.4 Å². The van der Waals surface area contributed by atoms with Crippen molar-refractivity contribution in [1.29, 1.82) is 0 Å². The smallest absolute Gasteiger partial charge is 0.258 e. The van der Waals surface area contributed by atoms with E-state index in [1.54, 1.807) is 0 Å². The molecule has 0 spiro atoms. The molecule has 0 saturated carbocycles. The van der Waals surface area contributed by atoms with Crippen LogP contribution in [0.15, 0.2) is 30.5 Å². The Morgan fingerprint density at radius 2 is 2.00 bits per heavy atom. The summed E-state index contributed by atoms with van der Waals surface area (Å²) in [7, 11) is 0. The van der Waals surface area contributed by atoms with E-state index in [1.165, 1.54) is 17.8 Å². The number of nitrogen functional groups attached to an aromatic ring is 1. The Bertz CT molecular complexity index is 641. The molecule has 1 heterocycles. The van der Waals surface area contributed by atoms with Gasteiger partial charge in [-0.2, -0.15) is 0 Å². The van der Waals surface area contributed by atoms with Gasteiger partial charge < -0.3 is 11.1 Å². The number of anilines is 2. The minimum absolute atomic E-state index is 0.135. The number of halogens is 1. The van der Waals surface area contributed by atoms with Gasteiger partial charge in [0, 0.05) is 5.69 Å². The fraction of sp³-hybridized carbons (Fsp3) is 0.143. The van der Waals surface area contributed by atoms with Gasteiger partial charge in [-0.15, -0.1) is 0 Å². The van der Waals surface area contributed by atoms with Crippen LogP contribution >= 0.6 is 11.6 Å². The molecule has 0 bridgehead atoms. The zero-order valence-corrected chi connectivity index (χ0v) is 11.5. The van der Waals surface area contributed by atoms with Gasteiger partial charge in [0.05, 0.1) is 17.4 Å². The molecule has 1 aromatic carbocycles. The molecule has 0 aliphatic rings. The van der Waals surface area contributed by atoms with Crippen molar-refractivity contribution in [2.75, 3.05) is 11.1 Å². The molecule has 2 aromatic rings. The highest BCUT2D eigenvalue weighted by Gasteiger charge is 2.12. The van der Waals surface area contributed by atoms with Gasteiger partial charge in [-0.1, -0.05) is 17.7 Å². The second-order valence-corrected chi connectivity index (χ2v) is 4.72. The standard InChI is InChI=1S/C14H14ClN3O/c1-8-3-4-11(5-9(8)2)18-14(19)12-6-10(16)7-17-13(12)15/h3-7H,16H2,1-2H3,(H,18,19). The monoisotopic (exact) mass is 275 g/mol. The van der Waals surface area contributed by atoms with Crippen LogP contribution in [0.2, 0.25) is 5.15 Å². The molecule has 4 nitrogen and oxygen atoms in total. The lowest BCUT2D eigenvalue weighted by Gasteiger charge is -2.08. The molecule has 0 atom stereocenters. The summed E-state index contributed by atoms with van der Waals surface area (Å²) < 4.78 is 0. The number of carbonyl (C=O) groups excluding carboxylic acids is 1. The number of amides is 1. The first-order chi connectivity index (χ1) is 8.97. The molecular weight excluding hydrogens is 262 g/mol. The van der Waals surface area contributed by atoms with E-state index < -0.39 is 0 Å². The van der Waals surface area contributed by atoms with Crippen molar-refractivity contribution in [2.24, 2.45) is 0 Å². The molecule has 98 valence electrons. The topological polar surface area (TPSA) is 68.0 Å². The third-order valence-corrected chi connectivity index (χ3v) is 3.17. The Kier molecular flexibility index (Phi) is 3.71. The summed E-state index contributed by atoms with van der Waals surface area (Å²) in [5, 5.41) is 2.91. The van der Waals surface area contributed by atoms with Crippen LogP contribution < -0.4 is 11.1 Å². The Balaban J connectivity index is 2.25. The summed E-state index contributed by atoms with van der Waals surface area (Å²) in [6, 6.07) is 7.20. The number of carbonyl (C=O) groups is 1. The Hall–Kier alpha value is -2.07. The number of rotatable bonds is 2. The van der Waals surface area contributed by atoms with E-state index in [2.05, 4.69) is 10.3 Å². The normalized spacial score (nSPS) is 10.3. The minimum Gasteiger partial charge on any atom is -0.397 e. The van der Waals surface area contributed by atoms with Gasteiger partial charge in [0.1, 0.15) is 5.15 Å². The van der Waals surface area contributed by atoms with Gasteiger partial charge in [-0.3, -0.25) is 4.79 Å². The number of nitrogens with zero attached hydrogens (tertiary/aromatic N) is 1. The predicted molar refractivity (Wildman–Crippen MR) is 77.5 cm³/mol. The Morgan fingerprint density at radius 3 is 2.68 bits per heavy atom. The van der Waals surface area contributed by atoms with Gasteiger partial charge >= 0.3 is 0 Å². The minimum atomic E-state index is -0.326. The zero-order chi connectivity index (χ0) is 14.0. The summed E-state index contributed by atoms with van der Waals surface area (Å²) in [5.74, 6) is -0.326. The van der Waals surface area contributed by atoms with Gasteiger partial charge in [0.25, 0.3) is 5.91 Å². The van der Waals surface area contributed by atoms with E-state index in [-0.39, 0.29) is 16.6 Å². The summed E-state index contributed by atoms with van der Waals surface area (Å²) in [6.07, 6.45) is 1.41. The van der Waals surface area contributed by atoms with Crippen molar-refractivity contribution in [3.63, 3.8) is 0 Å². The van der Waals surface area contributed by atoms with Crippen molar-refractivity contribution in [2.45, 2.75) is 13.8 Å². The maximum atomic E-state index is 12.1. The number of nitrogens with two attached hydrogens (primary N) is 1. The fourth-order valence-electron chi connectivity index (χ4n) is 1.64. The fourth-order valence-corrected chi connectivity index (χ4v) is 1.83. The number of hydrogen-bond donors (Lipinski definition) is 2. The highest BCUT2D eigenvalue weighted by molar-refractivity contribution is 6.33. The van der Waals surface area contributed by atoms with Crippen molar-refractivity contribution in [1.82, 2.24) is 4.98 Å². The maximum Gasteiger partial charge on any atom is 0.258 e. The summed E-state index contributed by atoms with van der Waals surface area (Å²) in [4.78, 5) is 15.9. The van der Waals surface area contributed by atoms with Crippen LogP contribution in [0, 0.1) is 13.8 Å².